The molecule has 0 radical (unpaired) electrons. The monoisotopic (exact) mass is 254 g/mol. The summed E-state index contributed by atoms with van der Waals surface area (Å²) in [5.74, 6) is 0.296. The van der Waals surface area contributed by atoms with Crippen LogP contribution in [0.1, 0.15) is 22.3 Å². The number of aliphatic hydroxyl groups is 1. The molecule has 0 aliphatic rings. The Kier molecular flexibility index (Phi) is 4.75. The van der Waals surface area contributed by atoms with Crippen molar-refractivity contribution in [3.05, 3.63) is 70.8 Å². The Hall–Kier alpha value is -1.60. The van der Waals surface area contributed by atoms with E-state index in [1.54, 1.807) is 0 Å². The molecule has 0 saturated heterocycles. The van der Waals surface area contributed by atoms with Crippen molar-refractivity contribution in [3.8, 4) is 0 Å². The zero-order valence-electron chi connectivity index (χ0n) is 11.8. The summed E-state index contributed by atoms with van der Waals surface area (Å²) in [5.41, 5.74) is 5.18. The molecule has 0 heterocycles. The van der Waals surface area contributed by atoms with Gasteiger partial charge in [0, 0.05) is 6.61 Å². The van der Waals surface area contributed by atoms with Crippen LogP contribution in [0.2, 0.25) is 0 Å². The highest BCUT2D eigenvalue weighted by Gasteiger charge is 2.10. The largest absolute Gasteiger partial charge is 0.396 e. The molecule has 1 N–H and O–H groups in total. The number of aliphatic hydroxyl groups excluding tert-OH is 1. The van der Waals surface area contributed by atoms with E-state index in [0.717, 1.165) is 12.8 Å². The molecule has 2 aromatic carbocycles. The summed E-state index contributed by atoms with van der Waals surface area (Å²) in [6, 6.07) is 17.1. The molecule has 0 aromatic heterocycles. The Labute approximate surface area is 115 Å². The van der Waals surface area contributed by atoms with E-state index in [4.69, 9.17) is 0 Å². The van der Waals surface area contributed by atoms with Gasteiger partial charge in [-0.2, -0.15) is 0 Å². The van der Waals surface area contributed by atoms with Crippen LogP contribution in [0.5, 0.6) is 0 Å². The first-order valence-corrected chi connectivity index (χ1v) is 6.89. The predicted molar refractivity (Wildman–Crippen MR) is 80.3 cm³/mol. The summed E-state index contributed by atoms with van der Waals surface area (Å²) in [6.45, 7) is 4.44. The minimum atomic E-state index is 0.238. The summed E-state index contributed by atoms with van der Waals surface area (Å²) in [4.78, 5) is 0. The van der Waals surface area contributed by atoms with Gasteiger partial charge >= 0.3 is 0 Å². The van der Waals surface area contributed by atoms with Crippen LogP contribution in [0.25, 0.3) is 0 Å². The lowest BCUT2D eigenvalue weighted by Crippen LogP contribution is -2.13. The fourth-order valence-electron chi connectivity index (χ4n) is 2.43. The van der Waals surface area contributed by atoms with Crippen molar-refractivity contribution in [2.24, 2.45) is 5.92 Å². The molecule has 2 aromatic rings. The SMILES string of the molecule is Cc1ccc(CC(CO)Cc2cccc(C)c2)cc1. The molecule has 2 rings (SSSR count). The van der Waals surface area contributed by atoms with E-state index in [-0.39, 0.29) is 6.61 Å². The van der Waals surface area contributed by atoms with Crippen LogP contribution in [0.3, 0.4) is 0 Å². The maximum absolute atomic E-state index is 9.57. The molecule has 0 saturated carbocycles. The highest BCUT2D eigenvalue weighted by Crippen LogP contribution is 2.16. The zero-order chi connectivity index (χ0) is 13.7. The Morgan fingerprint density at radius 1 is 0.842 bits per heavy atom. The second-order valence-corrected chi connectivity index (χ2v) is 5.43. The van der Waals surface area contributed by atoms with Crippen LogP contribution >= 0.6 is 0 Å². The van der Waals surface area contributed by atoms with E-state index < -0.39 is 0 Å². The molecule has 0 fully saturated rings. The molecule has 19 heavy (non-hydrogen) atoms. The minimum Gasteiger partial charge on any atom is -0.396 e. The van der Waals surface area contributed by atoms with Gasteiger partial charge in [0.05, 0.1) is 0 Å². The van der Waals surface area contributed by atoms with Crippen molar-refractivity contribution in [3.63, 3.8) is 0 Å². The van der Waals surface area contributed by atoms with E-state index in [1.807, 2.05) is 0 Å². The summed E-state index contributed by atoms with van der Waals surface area (Å²) in [5, 5.41) is 9.57. The van der Waals surface area contributed by atoms with Crippen molar-refractivity contribution in [2.75, 3.05) is 6.61 Å². The lowest BCUT2D eigenvalue weighted by Gasteiger charge is -2.15. The van der Waals surface area contributed by atoms with E-state index in [2.05, 4.69) is 62.4 Å². The van der Waals surface area contributed by atoms with Gasteiger partial charge in [0.15, 0.2) is 0 Å². The zero-order valence-corrected chi connectivity index (χ0v) is 11.8. The number of rotatable bonds is 5. The lowest BCUT2D eigenvalue weighted by molar-refractivity contribution is 0.225. The fraction of sp³-hybridized carbons (Fsp3) is 0.333. The van der Waals surface area contributed by atoms with Crippen LogP contribution in [0.4, 0.5) is 0 Å². The van der Waals surface area contributed by atoms with Crippen molar-refractivity contribution in [1.82, 2.24) is 0 Å². The van der Waals surface area contributed by atoms with Gasteiger partial charge < -0.3 is 5.11 Å². The molecular weight excluding hydrogens is 232 g/mol. The Morgan fingerprint density at radius 2 is 1.53 bits per heavy atom. The highest BCUT2D eigenvalue weighted by molar-refractivity contribution is 5.24. The van der Waals surface area contributed by atoms with Gasteiger partial charge in [0.1, 0.15) is 0 Å². The summed E-state index contributed by atoms with van der Waals surface area (Å²) < 4.78 is 0. The molecule has 100 valence electrons. The van der Waals surface area contributed by atoms with E-state index >= 15 is 0 Å². The summed E-state index contributed by atoms with van der Waals surface area (Å²) in [6.07, 6.45) is 1.87. The molecule has 1 atom stereocenters. The number of benzene rings is 2. The maximum atomic E-state index is 9.57. The number of hydrogen-bond donors (Lipinski definition) is 1. The number of hydrogen-bond acceptors (Lipinski definition) is 1. The quantitative estimate of drug-likeness (QED) is 0.862. The van der Waals surface area contributed by atoms with Gasteiger partial charge in [-0.05, 0) is 43.7 Å². The maximum Gasteiger partial charge on any atom is 0.0465 e. The van der Waals surface area contributed by atoms with Gasteiger partial charge in [-0.1, -0.05) is 59.7 Å². The number of aryl methyl sites for hydroxylation is 2. The van der Waals surface area contributed by atoms with Crippen LogP contribution in [0, 0.1) is 19.8 Å². The third-order valence-electron chi connectivity index (χ3n) is 3.51. The summed E-state index contributed by atoms with van der Waals surface area (Å²) >= 11 is 0. The smallest absolute Gasteiger partial charge is 0.0465 e. The van der Waals surface area contributed by atoms with Crippen LogP contribution in [0.15, 0.2) is 48.5 Å². The molecule has 0 aliphatic carbocycles. The van der Waals surface area contributed by atoms with Crippen molar-refractivity contribution < 1.29 is 5.11 Å². The molecule has 0 bridgehead atoms. The Morgan fingerprint density at radius 3 is 2.16 bits per heavy atom. The molecule has 0 aliphatic heterocycles. The van der Waals surface area contributed by atoms with Gasteiger partial charge in [-0.25, -0.2) is 0 Å². The van der Waals surface area contributed by atoms with E-state index in [9.17, 15) is 5.11 Å². The third-order valence-corrected chi connectivity index (χ3v) is 3.51. The lowest BCUT2D eigenvalue weighted by atomic mass is 9.92. The first-order valence-electron chi connectivity index (χ1n) is 6.89. The molecule has 1 nitrogen and oxygen atoms in total. The first kappa shape index (κ1) is 13.8. The van der Waals surface area contributed by atoms with Crippen molar-refractivity contribution in [1.29, 1.82) is 0 Å². The molecule has 0 amide bonds. The first-order chi connectivity index (χ1) is 9.17. The average Bonchev–Trinajstić information content (AvgIpc) is 2.40. The summed E-state index contributed by atoms with van der Waals surface area (Å²) in [7, 11) is 0. The average molecular weight is 254 g/mol. The minimum absolute atomic E-state index is 0.238. The van der Waals surface area contributed by atoms with E-state index in [1.165, 1.54) is 22.3 Å². The van der Waals surface area contributed by atoms with Crippen LogP contribution in [-0.2, 0) is 12.8 Å². The van der Waals surface area contributed by atoms with Gasteiger partial charge in [-0.3, -0.25) is 0 Å². The van der Waals surface area contributed by atoms with Crippen LogP contribution in [-0.4, -0.2) is 11.7 Å². The standard InChI is InChI=1S/C18H22O/c1-14-6-8-16(9-7-14)11-18(13-19)12-17-5-3-4-15(2)10-17/h3-10,18-19H,11-13H2,1-2H3. The second-order valence-electron chi connectivity index (χ2n) is 5.43. The predicted octanol–water partition coefficient (Wildman–Crippen LogP) is 3.70. The van der Waals surface area contributed by atoms with Gasteiger partial charge in [0.2, 0.25) is 0 Å². The van der Waals surface area contributed by atoms with Crippen molar-refractivity contribution >= 4 is 0 Å². The second kappa shape index (κ2) is 6.53. The normalized spacial score (nSPS) is 12.4. The van der Waals surface area contributed by atoms with Crippen molar-refractivity contribution in [2.45, 2.75) is 26.7 Å². The topological polar surface area (TPSA) is 20.2 Å². The fourth-order valence-corrected chi connectivity index (χ4v) is 2.43. The molecule has 0 spiro atoms. The third kappa shape index (κ3) is 4.22. The molecule has 1 unspecified atom stereocenters. The van der Waals surface area contributed by atoms with Gasteiger partial charge in [-0.15, -0.1) is 0 Å². The Balaban J connectivity index is 2.02. The Bertz CT molecular complexity index is 513. The molecule has 1 heteroatoms. The van der Waals surface area contributed by atoms with Crippen LogP contribution < -0.4 is 0 Å². The van der Waals surface area contributed by atoms with Gasteiger partial charge in [0.25, 0.3) is 0 Å². The van der Waals surface area contributed by atoms with E-state index in [0.29, 0.717) is 5.92 Å². The highest BCUT2D eigenvalue weighted by atomic mass is 16.3. The molecular formula is C18H22O.